The van der Waals surface area contributed by atoms with Crippen molar-refractivity contribution in [1.29, 1.82) is 0 Å². The average molecular weight is 297 g/mol. The minimum Gasteiger partial charge on any atom is -0.379 e. The molecule has 0 bridgehead atoms. The normalized spacial score (nSPS) is 12.0. The van der Waals surface area contributed by atoms with Crippen LogP contribution in [0.15, 0.2) is 36.4 Å². The summed E-state index contributed by atoms with van der Waals surface area (Å²) in [6, 6.07) is 12.6. The van der Waals surface area contributed by atoms with E-state index in [0.717, 1.165) is 22.3 Å². The molecule has 0 radical (unpaired) electrons. The summed E-state index contributed by atoms with van der Waals surface area (Å²) in [7, 11) is 4.00. The Balaban J connectivity index is 2.66. The third-order valence-electron chi connectivity index (χ3n) is 4.20. The summed E-state index contributed by atoms with van der Waals surface area (Å²) >= 11 is 0. The molecule has 0 saturated carbocycles. The lowest BCUT2D eigenvalue weighted by Gasteiger charge is -2.34. The van der Waals surface area contributed by atoms with E-state index < -0.39 is 5.60 Å². The maximum atomic E-state index is 11.6. The Kier molecular flexibility index (Phi) is 4.74. The molecule has 118 valence electrons. The molecule has 0 aliphatic carbocycles. The standard InChI is InChI=1S/C20H27NO/c1-14-7-9-18(16(3)11-14)20(22,13-21(5)6)19-10-8-15(2)12-17(19)4/h7-12,22H,13H2,1-6H3. The number of hydrogen-bond donors (Lipinski definition) is 1. The van der Waals surface area contributed by atoms with E-state index in [1.54, 1.807) is 0 Å². The first-order valence-corrected chi connectivity index (χ1v) is 7.76. The van der Waals surface area contributed by atoms with Gasteiger partial charge < -0.3 is 10.0 Å². The highest BCUT2D eigenvalue weighted by Gasteiger charge is 2.34. The molecule has 0 amide bonds. The zero-order valence-corrected chi connectivity index (χ0v) is 14.6. The van der Waals surface area contributed by atoms with Gasteiger partial charge in [-0.15, -0.1) is 0 Å². The van der Waals surface area contributed by atoms with Crippen LogP contribution in [0.3, 0.4) is 0 Å². The number of aryl methyl sites for hydroxylation is 4. The first kappa shape index (κ1) is 16.7. The van der Waals surface area contributed by atoms with Crippen LogP contribution < -0.4 is 0 Å². The summed E-state index contributed by atoms with van der Waals surface area (Å²) in [5.74, 6) is 0. The van der Waals surface area contributed by atoms with Crippen LogP contribution in [0, 0.1) is 27.7 Å². The SMILES string of the molecule is Cc1ccc(C(O)(CN(C)C)c2ccc(C)cc2C)c(C)c1. The second-order valence-electron chi connectivity index (χ2n) is 6.73. The Morgan fingerprint density at radius 3 is 1.55 bits per heavy atom. The Bertz CT molecular complexity index is 622. The quantitative estimate of drug-likeness (QED) is 0.930. The van der Waals surface area contributed by atoms with Gasteiger partial charge in [0.15, 0.2) is 0 Å². The van der Waals surface area contributed by atoms with E-state index in [4.69, 9.17) is 0 Å². The summed E-state index contributed by atoms with van der Waals surface area (Å²) in [4.78, 5) is 2.04. The lowest BCUT2D eigenvalue weighted by atomic mass is 9.80. The van der Waals surface area contributed by atoms with Crippen molar-refractivity contribution in [2.24, 2.45) is 0 Å². The van der Waals surface area contributed by atoms with Crippen molar-refractivity contribution in [2.45, 2.75) is 33.3 Å². The highest BCUT2D eigenvalue weighted by Crippen LogP contribution is 2.35. The number of likely N-dealkylation sites (N-methyl/N-ethyl adjacent to an activating group) is 1. The highest BCUT2D eigenvalue weighted by atomic mass is 16.3. The Morgan fingerprint density at radius 1 is 0.818 bits per heavy atom. The Labute approximate surface area is 134 Å². The van der Waals surface area contributed by atoms with Crippen LogP contribution >= 0.6 is 0 Å². The first-order chi connectivity index (χ1) is 10.2. The maximum Gasteiger partial charge on any atom is 0.128 e. The lowest BCUT2D eigenvalue weighted by Crippen LogP contribution is -2.40. The van der Waals surface area contributed by atoms with Gasteiger partial charge in [-0.2, -0.15) is 0 Å². The molecule has 2 heteroatoms. The fourth-order valence-corrected chi connectivity index (χ4v) is 3.33. The van der Waals surface area contributed by atoms with Crippen molar-refractivity contribution in [3.63, 3.8) is 0 Å². The van der Waals surface area contributed by atoms with Gasteiger partial charge in [0, 0.05) is 6.54 Å². The molecule has 0 atom stereocenters. The highest BCUT2D eigenvalue weighted by molar-refractivity contribution is 5.46. The van der Waals surface area contributed by atoms with Crippen molar-refractivity contribution in [2.75, 3.05) is 20.6 Å². The number of hydrogen-bond acceptors (Lipinski definition) is 2. The summed E-state index contributed by atoms with van der Waals surface area (Å²) in [5, 5.41) is 11.6. The first-order valence-electron chi connectivity index (χ1n) is 7.76. The predicted molar refractivity (Wildman–Crippen MR) is 93.4 cm³/mol. The van der Waals surface area contributed by atoms with Crippen LogP contribution in [0.2, 0.25) is 0 Å². The Hall–Kier alpha value is -1.64. The van der Waals surface area contributed by atoms with Gasteiger partial charge in [0.2, 0.25) is 0 Å². The monoisotopic (exact) mass is 297 g/mol. The van der Waals surface area contributed by atoms with Gasteiger partial charge >= 0.3 is 0 Å². The fourth-order valence-electron chi connectivity index (χ4n) is 3.33. The zero-order valence-electron chi connectivity index (χ0n) is 14.6. The molecule has 2 nitrogen and oxygen atoms in total. The van der Waals surface area contributed by atoms with Crippen LogP contribution in [0.25, 0.3) is 0 Å². The van der Waals surface area contributed by atoms with Gasteiger partial charge in [0.25, 0.3) is 0 Å². The molecular weight excluding hydrogens is 270 g/mol. The second-order valence-corrected chi connectivity index (χ2v) is 6.73. The van der Waals surface area contributed by atoms with E-state index in [1.807, 2.05) is 19.0 Å². The smallest absolute Gasteiger partial charge is 0.128 e. The topological polar surface area (TPSA) is 23.5 Å². The second kappa shape index (κ2) is 6.23. The van der Waals surface area contributed by atoms with E-state index in [0.29, 0.717) is 6.54 Å². The van der Waals surface area contributed by atoms with Crippen molar-refractivity contribution in [3.8, 4) is 0 Å². The molecule has 0 spiro atoms. The van der Waals surface area contributed by atoms with Gasteiger partial charge in [0.1, 0.15) is 5.60 Å². The van der Waals surface area contributed by atoms with Crippen LogP contribution in [-0.4, -0.2) is 30.6 Å². The molecule has 22 heavy (non-hydrogen) atoms. The summed E-state index contributed by atoms with van der Waals surface area (Å²) in [6.45, 7) is 8.87. The van der Waals surface area contributed by atoms with E-state index >= 15 is 0 Å². The van der Waals surface area contributed by atoms with E-state index in [2.05, 4.69) is 64.1 Å². The van der Waals surface area contributed by atoms with Gasteiger partial charge in [0.05, 0.1) is 0 Å². The van der Waals surface area contributed by atoms with Crippen LogP contribution in [0.1, 0.15) is 33.4 Å². The third-order valence-corrected chi connectivity index (χ3v) is 4.20. The molecule has 0 aromatic heterocycles. The van der Waals surface area contributed by atoms with E-state index in [-0.39, 0.29) is 0 Å². The molecule has 0 heterocycles. The molecule has 0 saturated heterocycles. The maximum absolute atomic E-state index is 11.6. The summed E-state index contributed by atoms with van der Waals surface area (Å²) in [6.07, 6.45) is 0. The summed E-state index contributed by atoms with van der Waals surface area (Å²) < 4.78 is 0. The molecule has 0 fully saturated rings. The van der Waals surface area contributed by atoms with Crippen LogP contribution in [0.5, 0.6) is 0 Å². The fraction of sp³-hybridized carbons (Fsp3) is 0.400. The Morgan fingerprint density at radius 2 is 1.23 bits per heavy atom. The molecule has 1 N–H and O–H groups in total. The van der Waals surface area contributed by atoms with E-state index in [1.165, 1.54) is 11.1 Å². The number of aliphatic hydroxyl groups is 1. The number of benzene rings is 2. The van der Waals surface area contributed by atoms with Crippen LogP contribution in [0.4, 0.5) is 0 Å². The number of rotatable bonds is 4. The third kappa shape index (κ3) is 3.23. The van der Waals surface area contributed by atoms with E-state index in [9.17, 15) is 5.11 Å². The largest absolute Gasteiger partial charge is 0.379 e. The molecule has 2 aromatic rings. The number of nitrogens with zero attached hydrogens (tertiary/aromatic N) is 1. The molecule has 0 unspecified atom stereocenters. The minimum absolute atomic E-state index is 0.556. The molecule has 2 rings (SSSR count). The zero-order chi connectivity index (χ0) is 16.5. The molecule has 0 aliphatic heterocycles. The van der Waals surface area contributed by atoms with Crippen LogP contribution in [-0.2, 0) is 5.60 Å². The molecular formula is C20H27NO. The predicted octanol–water partition coefficient (Wildman–Crippen LogP) is 3.72. The van der Waals surface area contributed by atoms with Crippen molar-refractivity contribution < 1.29 is 5.11 Å². The molecule has 2 aromatic carbocycles. The van der Waals surface area contributed by atoms with Crippen molar-refractivity contribution in [3.05, 3.63) is 69.8 Å². The minimum atomic E-state index is -1.00. The van der Waals surface area contributed by atoms with Crippen molar-refractivity contribution in [1.82, 2.24) is 4.90 Å². The molecule has 0 aliphatic rings. The summed E-state index contributed by atoms with van der Waals surface area (Å²) in [5.41, 5.74) is 5.66. The van der Waals surface area contributed by atoms with Crippen molar-refractivity contribution >= 4 is 0 Å². The lowest BCUT2D eigenvalue weighted by molar-refractivity contribution is 0.0502. The van der Waals surface area contributed by atoms with Gasteiger partial charge in [-0.25, -0.2) is 0 Å². The van der Waals surface area contributed by atoms with Gasteiger partial charge in [-0.3, -0.25) is 0 Å². The van der Waals surface area contributed by atoms with Gasteiger partial charge in [-0.1, -0.05) is 47.5 Å². The average Bonchev–Trinajstić information content (AvgIpc) is 2.36. The van der Waals surface area contributed by atoms with Gasteiger partial charge in [-0.05, 0) is 64.0 Å².